The molecule has 0 bridgehead atoms. The normalized spacial score (nSPS) is 10.9. The van der Waals surface area contributed by atoms with Gasteiger partial charge in [0.2, 0.25) is 0 Å². The van der Waals surface area contributed by atoms with Crippen LogP contribution in [0, 0.1) is 0 Å². The Morgan fingerprint density at radius 2 is 1.89 bits per heavy atom. The third kappa shape index (κ3) is 5.04. The van der Waals surface area contributed by atoms with Crippen molar-refractivity contribution in [1.82, 2.24) is 14.9 Å². The third-order valence-electron chi connectivity index (χ3n) is 3.83. The predicted molar refractivity (Wildman–Crippen MR) is 108 cm³/mol. The molecule has 0 aliphatic rings. The summed E-state index contributed by atoms with van der Waals surface area (Å²) >= 11 is 1.53. The molecule has 8 heteroatoms. The molecule has 1 aromatic carbocycles. The first kappa shape index (κ1) is 19.8. The van der Waals surface area contributed by atoms with E-state index < -0.39 is 0 Å². The zero-order chi connectivity index (χ0) is 20.1. The molecule has 3 rings (SSSR count). The Kier molecular flexibility index (Phi) is 6.20. The van der Waals surface area contributed by atoms with E-state index in [-0.39, 0.29) is 23.6 Å². The first-order valence-corrected chi connectivity index (χ1v) is 9.82. The molecule has 0 fully saturated rings. The van der Waals surface area contributed by atoms with Gasteiger partial charge >= 0.3 is 0 Å². The highest BCUT2D eigenvalue weighted by Crippen LogP contribution is 2.22. The average molecular weight is 398 g/mol. The van der Waals surface area contributed by atoms with Gasteiger partial charge in [-0.05, 0) is 50.2 Å². The number of nitrogens with one attached hydrogen (secondary N) is 2. The van der Waals surface area contributed by atoms with Gasteiger partial charge in [-0.3, -0.25) is 9.59 Å². The van der Waals surface area contributed by atoms with Crippen molar-refractivity contribution in [2.45, 2.75) is 30.8 Å². The highest BCUT2D eigenvalue weighted by molar-refractivity contribution is 7.98. The summed E-state index contributed by atoms with van der Waals surface area (Å²) in [6.07, 6.45) is 3.61. The fraction of sp³-hybridized carbons (Fsp3) is 0.250. The Morgan fingerprint density at radius 3 is 2.54 bits per heavy atom. The van der Waals surface area contributed by atoms with Crippen LogP contribution in [-0.4, -0.2) is 27.4 Å². The Bertz CT molecular complexity index is 960. The Morgan fingerprint density at radius 1 is 1.14 bits per heavy atom. The maximum absolute atomic E-state index is 12.4. The maximum atomic E-state index is 12.4. The van der Waals surface area contributed by atoms with E-state index in [1.165, 1.54) is 11.8 Å². The van der Waals surface area contributed by atoms with Crippen LogP contribution in [0.4, 0.5) is 5.69 Å². The largest absolute Gasteiger partial charge is 0.455 e. The third-order valence-corrected chi connectivity index (χ3v) is 4.91. The zero-order valence-electron chi connectivity index (χ0n) is 15.9. The van der Waals surface area contributed by atoms with E-state index in [0.29, 0.717) is 22.8 Å². The smallest absolute Gasteiger partial charge is 0.291 e. The van der Waals surface area contributed by atoms with E-state index in [0.717, 1.165) is 5.16 Å². The predicted octanol–water partition coefficient (Wildman–Crippen LogP) is 3.70. The van der Waals surface area contributed by atoms with Crippen molar-refractivity contribution in [3.8, 4) is 0 Å². The zero-order valence-corrected chi connectivity index (χ0v) is 16.7. The summed E-state index contributed by atoms with van der Waals surface area (Å²) in [7, 11) is 1.92. The molecular formula is C20H22N4O3S. The van der Waals surface area contributed by atoms with Gasteiger partial charge in [-0.15, -0.1) is 0 Å². The van der Waals surface area contributed by atoms with Crippen LogP contribution in [0.25, 0.3) is 0 Å². The van der Waals surface area contributed by atoms with E-state index in [1.807, 2.05) is 31.7 Å². The van der Waals surface area contributed by atoms with Crippen LogP contribution in [0.5, 0.6) is 0 Å². The minimum Gasteiger partial charge on any atom is -0.455 e. The molecule has 2 N–H and O–H groups in total. The molecular weight excluding hydrogens is 376 g/mol. The number of nitrogens with zero attached hydrogens (tertiary/aromatic N) is 2. The van der Waals surface area contributed by atoms with E-state index in [4.69, 9.17) is 4.42 Å². The van der Waals surface area contributed by atoms with Gasteiger partial charge in [0.15, 0.2) is 10.9 Å². The first-order chi connectivity index (χ1) is 13.4. The van der Waals surface area contributed by atoms with Gasteiger partial charge in [0.25, 0.3) is 11.8 Å². The molecule has 0 saturated heterocycles. The molecule has 2 aromatic heterocycles. The van der Waals surface area contributed by atoms with E-state index in [9.17, 15) is 9.59 Å². The topological polar surface area (TPSA) is 89.2 Å². The van der Waals surface area contributed by atoms with Crippen LogP contribution in [0.1, 0.15) is 40.5 Å². The van der Waals surface area contributed by atoms with Crippen molar-refractivity contribution in [1.29, 1.82) is 0 Å². The molecule has 0 atom stereocenters. The number of thioether (sulfide) groups is 1. The molecule has 146 valence electrons. The number of hydrogen-bond donors (Lipinski definition) is 2. The molecule has 3 aromatic rings. The second-order valence-corrected chi connectivity index (χ2v) is 7.48. The van der Waals surface area contributed by atoms with Crippen molar-refractivity contribution in [2.24, 2.45) is 7.05 Å². The number of benzene rings is 1. The van der Waals surface area contributed by atoms with Crippen LogP contribution < -0.4 is 10.6 Å². The number of carbonyl (C=O) groups excluding carboxylic acids is 2. The fourth-order valence-electron chi connectivity index (χ4n) is 2.45. The lowest BCUT2D eigenvalue weighted by molar-refractivity contribution is 0.0942. The number of hydrogen-bond acceptors (Lipinski definition) is 5. The van der Waals surface area contributed by atoms with Crippen molar-refractivity contribution in [3.63, 3.8) is 0 Å². The van der Waals surface area contributed by atoms with Crippen molar-refractivity contribution in [2.75, 3.05) is 5.32 Å². The lowest BCUT2D eigenvalue weighted by atomic mass is 10.2. The molecule has 0 aliphatic carbocycles. The summed E-state index contributed by atoms with van der Waals surface area (Å²) in [6, 6.07) is 10.2. The summed E-state index contributed by atoms with van der Waals surface area (Å²) < 4.78 is 7.55. The van der Waals surface area contributed by atoms with Gasteiger partial charge in [0, 0.05) is 36.7 Å². The van der Waals surface area contributed by atoms with Crippen molar-refractivity contribution < 1.29 is 14.0 Å². The Balaban J connectivity index is 1.57. The highest BCUT2D eigenvalue weighted by atomic mass is 32.2. The standard InChI is InChI=1S/C20H22N4O3S/c1-13(2)22-18(25)14-4-6-15(7-5-14)23-19(26)17-9-8-16(27-17)12-28-20-21-10-11-24(20)3/h4-11,13H,12H2,1-3H3,(H,22,25)(H,23,26). The summed E-state index contributed by atoms with van der Waals surface area (Å²) in [5, 5.41) is 6.47. The summed E-state index contributed by atoms with van der Waals surface area (Å²) in [5.41, 5.74) is 1.13. The van der Waals surface area contributed by atoms with Gasteiger partial charge < -0.3 is 19.6 Å². The second kappa shape index (κ2) is 8.79. The number of aromatic nitrogens is 2. The van der Waals surface area contributed by atoms with Crippen LogP contribution in [0.15, 0.2) is 58.4 Å². The molecule has 0 spiro atoms. The molecule has 7 nitrogen and oxygen atoms in total. The molecule has 0 saturated carbocycles. The molecule has 28 heavy (non-hydrogen) atoms. The number of amides is 2. The van der Waals surface area contributed by atoms with E-state index in [1.54, 1.807) is 42.6 Å². The summed E-state index contributed by atoms with van der Waals surface area (Å²) in [4.78, 5) is 28.6. The molecule has 0 unspecified atom stereocenters. The van der Waals surface area contributed by atoms with E-state index >= 15 is 0 Å². The average Bonchev–Trinajstić information content (AvgIpc) is 3.29. The number of imidazole rings is 1. The number of rotatable bonds is 7. The van der Waals surface area contributed by atoms with Crippen molar-refractivity contribution >= 4 is 29.3 Å². The maximum Gasteiger partial charge on any atom is 0.291 e. The van der Waals surface area contributed by atoms with Crippen LogP contribution in [-0.2, 0) is 12.8 Å². The SMILES string of the molecule is CC(C)NC(=O)c1ccc(NC(=O)c2ccc(CSc3nccn3C)o2)cc1. The lowest BCUT2D eigenvalue weighted by Gasteiger charge is -2.09. The Hall–Kier alpha value is -3.00. The first-order valence-electron chi connectivity index (χ1n) is 8.83. The minimum atomic E-state index is -0.340. The summed E-state index contributed by atoms with van der Waals surface area (Å²) in [6.45, 7) is 3.80. The molecule has 0 radical (unpaired) electrons. The van der Waals surface area contributed by atoms with Crippen LogP contribution in [0.2, 0.25) is 0 Å². The van der Waals surface area contributed by atoms with Gasteiger partial charge in [0.1, 0.15) is 5.76 Å². The number of aryl methyl sites for hydroxylation is 1. The number of furan rings is 1. The van der Waals surface area contributed by atoms with Crippen LogP contribution >= 0.6 is 11.8 Å². The summed E-state index contributed by atoms with van der Waals surface area (Å²) in [5.74, 6) is 1.02. The fourth-order valence-corrected chi connectivity index (χ4v) is 3.27. The van der Waals surface area contributed by atoms with Gasteiger partial charge in [-0.25, -0.2) is 4.98 Å². The number of carbonyl (C=O) groups is 2. The van der Waals surface area contributed by atoms with Crippen molar-refractivity contribution in [3.05, 3.63) is 65.9 Å². The van der Waals surface area contributed by atoms with Gasteiger partial charge in [-0.2, -0.15) is 0 Å². The lowest BCUT2D eigenvalue weighted by Crippen LogP contribution is -2.29. The monoisotopic (exact) mass is 398 g/mol. The Labute approximate surface area is 167 Å². The van der Waals surface area contributed by atoms with E-state index in [2.05, 4.69) is 15.6 Å². The highest BCUT2D eigenvalue weighted by Gasteiger charge is 2.13. The second-order valence-electron chi connectivity index (χ2n) is 6.53. The minimum absolute atomic E-state index is 0.0654. The quantitative estimate of drug-likeness (QED) is 0.593. The molecule has 2 amide bonds. The molecule has 2 heterocycles. The molecule has 0 aliphatic heterocycles. The van der Waals surface area contributed by atoms with Gasteiger partial charge in [-0.1, -0.05) is 11.8 Å². The number of anilines is 1. The van der Waals surface area contributed by atoms with Gasteiger partial charge in [0.05, 0.1) is 5.75 Å². The van der Waals surface area contributed by atoms with Crippen LogP contribution in [0.3, 0.4) is 0 Å².